The molecule has 1 saturated carbocycles. The average Bonchev–Trinajstić information content (AvgIpc) is 3.05. The van der Waals surface area contributed by atoms with E-state index in [0.29, 0.717) is 6.61 Å². The molecule has 0 radical (unpaired) electrons. The van der Waals surface area contributed by atoms with Crippen LogP contribution in [-0.4, -0.2) is 35.9 Å². The zero-order chi connectivity index (χ0) is 16.7. The lowest BCUT2D eigenvalue weighted by Crippen LogP contribution is -2.43. The predicted molar refractivity (Wildman–Crippen MR) is 89.8 cm³/mol. The highest BCUT2D eigenvalue weighted by Crippen LogP contribution is 2.24. The summed E-state index contributed by atoms with van der Waals surface area (Å²) < 4.78 is 5.54. The maximum atomic E-state index is 12.5. The van der Waals surface area contributed by atoms with Crippen molar-refractivity contribution in [3.8, 4) is 5.75 Å². The third-order valence-corrected chi connectivity index (χ3v) is 4.00. The van der Waals surface area contributed by atoms with Crippen molar-refractivity contribution in [1.29, 1.82) is 0 Å². The molecule has 1 aromatic carbocycles. The molecule has 0 unspecified atom stereocenters. The molecule has 0 atom stereocenters. The highest BCUT2D eigenvalue weighted by molar-refractivity contribution is 5.94. The van der Waals surface area contributed by atoms with Gasteiger partial charge < -0.3 is 15.4 Å². The van der Waals surface area contributed by atoms with Crippen molar-refractivity contribution in [1.82, 2.24) is 4.90 Å². The second kappa shape index (κ2) is 8.36. The maximum Gasteiger partial charge on any atom is 0.247 e. The Bertz CT molecular complexity index is 577. The van der Waals surface area contributed by atoms with Crippen LogP contribution in [0.15, 0.2) is 30.3 Å². The van der Waals surface area contributed by atoms with Crippen LogP contribution < -0.4 is 10.5 Å². The Morgan fingerprint density at radius 2 is 2.00 bits per heavy atom. The van der Waals surface area contributed by atoms with Gasteiger partial charge in [0, 0.05) is 17.7 Å². The maximum absolute atomic E-state index is 12.5. The van der Waals surface area contributed by atoms with E-state index in [2.05, 4.69) is 0 Å². The number of ether oxygens (including phenoxy) is 1. The van der Waals surface area contributed by atoms with E-state index in [1.54, 1.807) is 11.0 Å². The number of hydrogen-bond donors (Lipinski definition) is 1. The van der Waals surface area contributed by atoms with Crippen molar-refractivity contribution < 1.29 is 14.3 Å². The predicted octanol–water partition coefficient (Wildman–Crippen LogP) is 2.36. The van der Waals surface area contributed by atoms with E-state index in [-0.39, 0.29) is 18.5 Å². The van der Waals surface area contributed by atoms with Crippen LogP contribution in [0.25, 0.3) is 6.08 Å². The lowest BCUT2D eigenvalue weighted by molar-refractivity contribution is -0.133. The van der Waals surface area contributed by atoms with Crippen molar-refractivity contribution in [3.63, 3.8) is 0 Å². The van der Waals surface area contributed by atoms with Gasteiger partial charge in [0.25, 0.3) is 0 Å². The van der Waals surface area contributed by atoms with Crippen LogP contribution in [0.3, 0.4) is 0 Å². The molecule has 2 amide bonds. The molecule has 0 bridgehead atoms. The summed E-state index contributed by atoms with van der Waals surface area (Å²) in [6, 6.07) is 7.66. The average molecular weight is 316 g/mol. The van der Waals surface area contributed by atoms with E-state index in [4.69, 9.17) is 10.5 Å². The first-order valence-corrected chi connectivity index (χ1v) is 8.10. The second-order valence-electron chi connectivity index (χ2n) is 5.67. The summed E-state index contributed by atoms with van der Waals surface area (Å²) in [7, 11) is 0. The normalized spacial score (nSPS) is 15.0. The van der Waals surface area contributed by atoms with Gasteiger partial charge in [-0.25, -0.2) is 0 Å². The lowest BCUT2D eigenvalue weighted by atomic mass is 10.1. The van der Waals surface area contributed by atoms with Gasteiger partial charge in [-0.05, 0) is 31.9 Å². The quantitative estimate of drug-likeness (QED) is 0.785. The fourth-order valence-corrected chi connectivity index (χ4v) is 2.93. The lowest BCUT2D eigenvalue weighted by Gasteiger charge is -2.26. The fourth-order valence-electron chi connectivity index (χ4n) is 2.93. The van der Waals surface area contributed by atoms with E-state index in [1.807, 2.05) is 31.2 Å². The highest BCUT2D eigenvalue weighted by atomic mass is 16.5. The molecular weight excluding hydrogens is 292 g/mol. The molecule has 0 aromatic heterocycles. The molecule has 0 aliphatic heterocycles. The number of benzene rings is 1. The Balaban J connectivity index is 2.12. The number of nitrogens with two attached hydrogens (primary N) is 1. The van der Waals surface area contributed by atoms with E-state index < -0.39 is 5.91 Å². The molecule has 1 aromatic rings. The van der Waals surface area contributed by atoms with Gasteiger partial charge in [-0.15, -0.1) is 0 Å². The number of nitrogens with zero attached hydrogens (tertiary/aromatic N) is 1. The number of amides is 2. The summed E-state index contributed by atoms with van der Waals surface area (Å²) in [4.78, 5) is 25.4. The van der Waals surface area contributed by atoms with Gasteiger partial charge >= 0.3 is 0 Å². The molecule has 2 N–H and O–H groups in total. The smallest absolute Gasteiger partial charge is 0.247 e. The van der Waals surface area contributed by atoms with Crippen molar-refractivity contribution in [3.05, 3.63) is 35.9 Å². The van der Waals surface area contributed by atoms with Gasteiger partial charge in [-0.2, -0.15) is 0 Å². The molecule has 1 aliphatic rings. The van der Waals surface area contributed by atoms with Crippen LogP contribution >= 0.6 is 0 Å². The monoisotopic (exact) mass is 316 g/mol. The van der Waals surface area contributed by atoms with Gasteiger partial charge in [0.05, 0.1) is 13.2 Å². The molecule has 5 heteroatoms. The molecule has 124 valence electrons. The summed E-state index contributed by atoms with van der Waals surface area (Å²) in [6.45, 7) is 2.45. The van der Waals surface area contributed by atoms with E-state index in [1.165, 1.54) is 6.08 Å². The van der Waals surface area contributed by atoms with Gasteiger partial charge in [-0.3, -0.25) is 9.59 Å². The topological polar surface area (TPSA) is 72.6 Å². The first-order valence-electron chi connectivity index (χ1n) is 8.10. The molecule has 0 spiro atoms. The van der Waals surface area contributed by atoms with Crippen LogP contribution in [0.2, 0.25) is 0 Å². The zero-order valence-corrected chi connectivity index (χ0v) is 13.5. The van der Waals surface area contributed by atoms with E-state index in [9.17, 15) is 9.59 Å². The molecule has 5 nitrogen and oxygen atoms in total. The van der Waals surface area contributed by atoms with Crippen LogP contribution in [0, 0.1) is 0 Å². The summed E-state index contributed by atoms with van der Waals surface area (Å²) in [5.41, 5.74) is 6.13. The number of para-hydroxylation sites is 1. The minimum atomic E-state index is -0.478. The van der Waals surface area contributed by atoms with Crippen LogP contribution in [0.1, 0.15) is 38.2 Å². The van der Waals surface area contributed by atoms with Crippen molar-refractivity contribution >= 4 is 17.9 Å². The van der Waals surface area contributed by atoms with Crippen LogP contribution in [-0.2, 0) is 9.59 Å². The summed E-state index contributed by atoms with van der Waals surface area (Å²) in [6.07, 6.45) is 7.27. The Labute approximate surface area is 137 Å². The highest BCUT2D eigenvalue weighted by Gasteiger charge is 2.26. The molecular formula is C18H24N2O3. The summed E-state index contributed by atoms with van der Waals surface area (Å²) in [5, 5.41) is 0. The first-order chi connectivity index (χ1) is 11.1. The Morgan fingerprint density at radius 3 is 2.65 bits per heavy atom. The largest absolute Gasteiger partial charge is 0.493 e. The first kappa shape index (κ1) is 17.1. The fraction of sp³-hybridized carbons (Fsp3) is 0.444. The number of hydrogen-bond acceptors (Lipinski definition) is 3. The molecule has 23 heavy (non-hydrogen) atoms. The molecule has 2 rings (SSSR count). The summed E-state index contributed by atoms with van der Waals surface area (Å²) >= 11 is 0. The molecule has 1 aliphatic carbocycles. The molecule has 0 heterocycles. The molecule has 0 saturated heterocycles. The van der Waals surface area contributed by atoms with E-state index in [0.717, 1.165) is 37.0 Å². The number of carbonyl (C=O) groups is 2. The van der Waals surface area contributed by atoms with Crippen LogP contribution in [0.4, 0.5) is 0 Å². The Hall–Kier alpha value is -2.30. The van der Waals surface area contributed by atoms with E-state index >= 15 is 0 Å². The van der Waals surface area contributed by atoms with Crippen molar-refractivity contribution in [2.45, 2.75) is 38.6 Å². The van der Waals surface area contributed by atoms with Gasteiger partial charge in [0.15, 0.2) is 0 Å². The van der Waals surface area contributed by atoms with Crippen LogP contribution in [0.5, 0.6) is 5.75 Å². The van der Waals surface area contributed by atoms with Crippen molar-refractivity contribution in [2.75, 3.05) is 13.2 Å². The van der Waals surface area contributed by atoms with Crippen molar-refractivity contribution in [2.24, 2.45) is 5.73 Å². The SMILES string of the molecule is CCOc1ccccc1/C=C/C(=O)N(CC(N)=O)C1CCCC1. The van der Waals surface area contributed by atoms with Gasteiger partial charge in [0.1, 0.15) is 5.75 Å². The Kier molecular flexibility index (Phi) is 6.20. The van der Waals surface area contributed by atoms with Gasteiger partial charge in [0.2, 0.25) is 11.8 Å². The van der Waals surface area contributed by atoms with Gasteiger partial charge in [-0.1, -0.05) is 31.0 Å². The third-order valence-electron chi connectivity index (χ3n) is 4.00. The molecule has 1 fully saturated rings. The minimum absolute atomic E-state index is 0.0268. The number of carbonyl (C=O) groups excluding carboxylic acids is 2. The number of primary amides is 1. The minimum Gasteiger partial charge on any atom is -0.493 e. The summed E-state index contributed by atoms with van der Waals surface area (Å²) in [5.74, 6) is 0.0803. The Morgan fingerprint density at radius 1 is 1.30 bits per heavy atom. The number of rotatable bonds is 7. The zero-order valence-electron chi connectivity index (χ0n) is 13.5. The second-order valence-corrected chi connectivity index (χ2v) is 5.67. The third kappa shape index (κ3) is 4.84. The standard InChI is InChI=1S/C18H24N2O3/c1-2-23-16-10-6-3-7-14(16)11-12-18(22)20(13-17(19)21)15-8-4-5-9-15/h3,6-7,10-12,15H,2,4-5,8-9,13H2,1H3,(H2,19,21)/b12-11+.